The maximum Gasteiger partial charge on any atom is 0.416 e. The molecule has 168 valence electrons. The van der Waals surface area contributed by atoms with Gasteiger partial charge < -0.3 is 25.1 Å². The van der Waals surface area contributed by atoms with E-state index in [1.54, 1.807) is 30.5 Å². The molecule has 0 unspecified atom stereocenters. The molecular formula is C22H16F3N5O3. The highest BCUT2D eigenvalue weighted by Crippen LogP contribution is 2.33. The van der Waals surface area contributed by atoms with E-state index in [9.17, 15) is 23.2 Å². The third-order valence-electron chi connectivity index (χ3n) is 4.47. The van der Waals surface area contributed by atoms with Gasteiger partial charge in [0.15, 0.2) is 12.4 Å². The highest BCUT2D eigenvalue weighted by molar-refractivity contribution is 6.01. The molecule has 0 spiro atoms. The summed E-state index contributed by atoms with van der Waals surface area (Å²) in [6, 6.07) is 11.6. The molecule has 11 heteroatoms. The first-order chi connectivity index (χ1) is 15.8. The zero-order valence-electron chi connectivity index (χ0n) is 16.8. The van der Waals surface area contributed by atoms with Crippen molar-refractivity contribution in [2.75, 3.05) is 10.6 Å². The van der Waals surface area contributed by atoms with Gasteiger partial charge in [0, 0.05) is 30.2 Å². The molecule has 8 nitrogen and oxygen atoms in total. The van der Waals surface area contributed by atoms with E-state index < -0.39 is 17.8 Å². The van der Waals surface area contributed by atoms with Gasteiger partial charge in [0.2, 0.25) is 0 Å². The molecule has 0 fully saturated rings. The third-order valence-corrected chi connectivity index (χ3v) is 4.47. The molecule has 2 heterocycles. The average molecular weight is 455 g/mol. The van der Waals surface area contributed by atoms with Crippen LogP contribution in [0.1, 0.15) is 5.56 Å². The van der Waals surface area contributed by atoms with E-state index in [0.717, 1.165) is 12.1 Å². The minimum atomic E-state index is -4.57. The summed E-state index contributed by atoms with van der Waals surface area (Å²) < 4.78 is 47.2. The van der Waals surface area contributed by atoms with Crippen LogP contribution in [0, 0.1) is 5.21 Å². The zero-order valence-corrected chi connectivity index (χ0v) is 16.8. The van der Waals surface area contributed by atoms with Gasteiger partial charge in [0.05, 0.1) is 23.3 Å². The minimum Gasteiger partial charge on any atom is -0.619 e. The van der Waals surface area contributed by atoms with Crippen LogP contribution in [0.3, 0.4) is 0 Å². The number of nitrogens with one attached hydrogen (secondary N) is 2. The van der Waals surface area contributed by atoms with E-state index >= 15 is 0 Å². The summed E-state index contributed by atoms with van der Waals surface area (Å²) in [7, 11) is 0. The van der Waals surface area contributed by atoms with Gasteiger partial charge in [-0.1, -0.05) is 0 Å². The molecule has 2 amide bonds. The van der Waals surface area contributed by atoms with Gasteiger partial charge in [-0.2, -0.15) is 17.9 Å². The van der Waals surface area contributed by atoms with E-state index in [4.69, 9.17) is 4.74 Å². The van der Waals surface area contributed by atoms with E-state index in [1.165, 1.54) is 47.7 Å². The largest absolute Gasteiger partial charge is 0.619 e. The third kappa shape index (κ3) is 5.39. The fourth-order valence-electron chi connectivity index (χ4n) is 2.93. The Hall–Kier alpha value is -4.54. The van der Waals surface area contributed by atoms with Crippen LogP contribution in [0.25, 0.3) is 5.69 Å². The lowest BCUT2D eigenvalue weighted by molar-refractivity contribution is -0.605. The molecule has 2 aromatic heterocycles. The SMILES string of the molecule is O=C(Nc1ccc(Oc2cc[n+]([O-])cc2)cc1)Nc1cc(C(F)(F)F)ccc1-n1ccnc1. The van der Waals surface area contributed by atoms with Crippen molar-refractivity contribution < 1.29 is 27.4 Å². The number of rotatable bonds is 5. The summed E-state index contributed by atoms with van der Waals surface area (Å²) in [5, 5.41) is 16.1. The van der Waals surface area contributed by atoms with Gasteiger partial charge in [-0.25, -0.2) is 9.78 Å². The molecule has 0 saturated heterocycles. The van der Waals surface area contributed by atoms with Crippen LogP contribution >= 0.6 is 0 Å². The molecule has 0 saturated carbocycles. The van der Waals surface area contributed by atoms with Crippen molar-refractivity contribution in [3.8, 4) is 17.2 Å². The Morgan fingerprint density at radius 1 is 1.00 bits per heavy atom. The summed E-state index contributed by atoms with van der Waals surface area (Å²) in [5.41, 5.74) is -0.227. The van der Waals surface area contributed by atoms with Crippen molar-refractivity contribution in [1.29, 1.82) is 0 Å². The summed E-state index contributed by atoms with van der Waals surface area (Å²) in [5.74, 6) is 0.919. The number of alkyl halides is 3. The maximum atomic E-state index is 13.2. The number of carbonyl (C=O) groups excluding carboxylic acids is 1. The Morgan fingerprint density at radius 3 is 2.33 bits per heavy atom. The number of carbonyl (C=O) groups is 1. The normalized spacial score (nSPS) is 11.1. The van der Waals surface area contributed by atoms with Crippen molar-refractivity contribution in [2.45, 2.75) is 6.18 Å². The molecule has 0 bridgehead atoms. The summed E-state index contributed by atoms with van der Waals surface area (Å²) in [6.07, 6.45) is 2.45. The second kappa shape index (κ2) is 8.91. The van der Waals surface area contributed by atoms with Crippen molar-refractivity contribution in [2.24, 2.45) is 0 Å². The summed E-state index contributed by atoms with van der Waals surface area (Å²) in [6.45, 7) is 0. The first-order valence-corrected chi connectivity index (χ1v) is 9.52. The van der Waals surface area contributed by atoms with Crippen molar-refractivity contribution in [3.05, 3.63) is 96.5 Å². The van der Waals surface area contributed by atoms with Gasteiger partial charge >= 0.3 is 12.2 Å². The molecule has 4 aromatic rings. The molecule has 0 atom stereocenters. The highest BCUT2D eigenvalue weighted by Gasteiger charge is 2.31. The Morgan fingerprint density at radius 2 is 1.70 bits per heavy atom. The van der Waals surface area contributed by atoms with Crippen molar-refractivity contribution >= 4 is 17.4 Å². The lowest BCUT2D eigenvalue weighted by Gasteiger charge is -2.15. The van der Waals surface area contributed by atoms with Gasteiger partial charge in [-0.15, -0.1) is 0 Å². The van der Waals surface area contributed by atoms with Gasteiger partial charge in [0.25, 0.3) is 0 Å². The molecule has 2 aromatic carbocycles. The highest BCUT2D eigenvalue weighted by atomic mass is 19.4. The summed E-state index contributed by atoms with van der Waals surface area (Å²) >= 11 is 0. The number of ether oxygens (including phenoxy) is 1. The van der Waals surface area contributed by atoms with Crippen molar-refractivity contribution in [1.82, 2.24) is 9.55 Å². The van der Waals surface area contributed by atoms with Crippen LogP contribution in [0.5, 0.6) is 11.5 Å². The van der Waals surface area contributed by atoms with Crippen LogP contribution in [-0.2, 0) is 6.18 Å². The van der Waals surface area contributed by atoms with Crippen molar-refractivity contribution in [3.63, 3.8) is 0 Å². The molecule has 0 aliphatic heterocycles. The molecule has 0 aliphatic rings. The number of anilines is 2. The first-order valence-electron chi connectivity index (χ1n) is 9.52. The monoisotopic (exact) mass is 455 g/mol. The van der Waals surface area contributed by atoms with E-state index in [0.29, 0.717) is 27.6 Å². The van der Waals surface area contributed by atoms with Gasteiger partial charge in [-0.3, -0.25) is 0 Å². The maximum absolute atomic E-state index is 13.2. The average Bonchev–Trinajstić information content (AvgIpc) is 3.31. The van der Waals surface area contributed by atoms with Crippen LogP contribution in [0.4, 0.5) is 29.3 Å². The second-order valence-electron chi connectivity index (χ2n) is 6.80. The Labute approximate surface area is 185 Å². The minimum absolute atomic E-state index is 0.0417. The quantitative estimate of drug-likeness (QED) is 0.329. The van der Waals surface area contributed by atoms with E-state index in [1.807, 2.05) is 0 Å². The number of pyridine rings is 1. The Bertz CT molecular complexity index is 1240. The Kier molecular flexibility index (Phi) is 5.85. The van der Waals surface area contributed by atoms with Crippen LogP contribution < -0.4 is 20.1 Å². The second-order valence-corrected chi connectivity index (χ2v) is 6.80. The number of halogens is 3. The fourth-order valence-corrected chi connectivity index (χ4v) is 2.93. The summed E-state index contributed by atoms with van der Waals surface area (Å²) in [4.78, 5) is 16.4. The standard InChI is InChI=1S/C22H16F3N5O3/c23-22(24,25)15-1-6-20(29-12-9-26-14-29)19(13-15)28-21(31)27-16-2-4-17(5-3-16)33-18-7-10-30(32)11-8-18/h1-14H,(H2,27,28,31). The predicted molar refractivity (Wildman–Crippen MR) is 113 cm³/mol. The molecule has 0 radical (unpaired) electrons. The number of benzene rings is 2. The zero-order chi connectivity index (χ0) is 23.4. The molecule has 0 aliphatic carbocycles. The molecule has 4 rings (SSSR count). The first kappa shape index (κ1) is 21.7. The van der Waals surface area contributed by atoms with Crippen LogP contribution in [-0.4, -0.2) is 15.6 Å². The number of hydrogen-bond donors (Lipinski definition) is 2. The van der Waals surface area contributed by atoms with Crippen LogP contribution in [0.2, 0.25) is 0 Å². The number of aromatic nitrogens is 3. The number of hydrogen-bond acceptors (Lipinski definition) is 4. The molecule has 33 heavy (non-hydrogen) atoms. The smallest absolute Gasteiger partial charge is 0.416 e. The van der Waals surface area contributed by atoms with E-state index in [-0.39, 0.29) is 5.69 Å². The molecular weight excluding hydrogens is 439 g/mol. The van der Waals surface area contributed by atoms with Crippen LogP contribution in [0.15, 0.2) is 85.7 Å². The number of amides is 2. The number of nitrogens with zero attached hydrogens (tertiary/aromatic N) is 3. The lowest BCUT2D eigenvalue weighted by Crippen LogP contribution is -2.23. The van der Waals surface area contributed by atoms with Gasteiger partial charge in [0.1, 0.15) is 11.5 Å². The Balaban J connectivity index is 1.47. The lowest BCUT2D eigenvalue weighted by atomic mass is 10.1. The van der Waals surface area contributed by atoms with Gasteiger partial charge in [-0.05, 0) is 42.5 Å². The number of urea groups is 1. The fraction of sp³-hybridized carbons (Fsp3) is 0.0455. The molecule has 2 N–H and O–H groups in total. The topological polar surface area (TPSA) is 95.1 Å². The number of imidazole rings is 1. The van der Waals surface area contributed by atoms with E-state index in [2.05, 4.69) is 15.6 Å². The predicted octanol–water partition coefficient (Wildman–Crippen LogP) is 4.96.